The Balaban J connectivity index is 1.81. The van der Waals surface area contributed by atoms with Crippen molar-refractivity contribution in [2.75, 3.05) is 6.54 Å². The second-order valence-corrected chi connectivity index (χ2v) is 5.91. The average Bonchev–Trinajstić information content (AvgIpc) is 2.87. The highest BCUT2D eigenvalue weighted by molar-refractivity contribution is 6.31. The van der Waals surface area contributed by atoms with Gasteiger partial charge in [0.15, 0.2) is 0 Å². The number of nitrogens with zero attached hydrogens (tertiary/aromatic N) is 2. The average molecular weight is 287 g/mol. The quantitative estimate of drug-likeness (QED) is 0.832. The number of likely N-dealkylation sites (tertiary alicyclic amines) is 1. The van der Waals surface area contributed by atoms with Crippen LogP contribution in [0.3, 0.4) is 0 Å². The number of pyridine rings is 1. The highest BCUT2D eigenvalue weighted by atomic mass is 35.5. The third-order valence-corrected chi connectivity index (χ3v) is 4.48. The third-order valence-electron chi connectivity index (χ3n) is 4.13. The van der Waals surface area contributed by atoms with Crippen LogP contribution < -0.4 is 0 Å². The predicted molar refractivity (Wildman–Crippen MR) is 83.8 cm³/mol. The SMILES string of the molecule is C[C@@H]1CCCN1Cc1ccc(-c2ccncc2)cc1Cl. The fraction of sp³-hybridized carbons (Fsp3) is 0.353. The first-order chi connectivity index (χ1) is 9.74. The summed E-state index contributed by atoms with van der Waals surface area (Å²) >= 11 is 6.46. The lowest BCUT2D eigenvalue weighted by molar-refractivity contribution is 0.260. The second-order valence-electron chi connectivity index (χ2n) is 5.50. The van der Waals surface area contributed by atoms with E-state index >= 15 is 0 Å². The van der Waals surface area contributed by atoms with Gasteiger partial charge in [-0.2, -0.15) is 0 Å². The Hall–Kier alpha value is -1.38. The molecule has 0 aliphatic carbocycles. The molecule has 2 aromatic rings. The van der Waals surface area contributed by atoms with Crippen molar-refractivity contribution in [2.45, 2.75) is 32.4 Å². The largest absolute Gasteiger partial charge is 0.296 e. The van der Waals surface area contributed by atoms with E-state index < -0.39 is 0 Å². The maximum Gasteiger partial charge on any atom is 0.0457 e. The van der Waals surface area contributed by atoms with Gasteiger partial charge in [0.25, 0.3) is 0 Å². The lowest BCUT2D eigenvalue weighted by Gasteiger charge is -2.21. The lowest BCUT2D eigenvalue weighted by Crippen LogP contribution is -2.26. The zero-order chi connectivity index (χ0) is 13.9. The molecule has 1 aromatic heterocycles. The summed E-state index contributed by atoms with van der Waals surface area (Å²) in [5.74, 6) is 0. The van der Waals surface area contributed by atoms with Gasteiger partial charge in [-0.1, -0.05) is 23.7 Å². The Morgan fingerprint density at radius 1 is 1.20 bits per heavy atom. The maximum absolute atomic E-state index is 6.46. The smallest absolute Gasteiger partial charge is 0.0457 e. The van der Waals surface area contributed by atoms with Gasteiger partial charge in [0.05, 0.1) is 0 Å². The van der Waals surface area contributed by atoms with Gasteiger partial charge in [-0.25, -0.2) is 0 Å². The van der Waals surface area contributed by atoms with Crippen LogP contribution in [-0.4, -0.2) is 22.5 Å². The standard InChI is InChI=1S/C17H19ClN2/c1-13-3-2-10-20(13)12-16-5-4-15(11-17(16)18)14-6-8-19-9-7-14/h4-9,11,13H,2-3,10,12H2,1H3/t13-/m1/s1. The molecule has 0 bridgehead atoms. The first-order valence-electron chi connectivity index (χ1n) is 7.17. The number of rotatable bonds is 3. The molecule has 0 saturated carbocycles. The summed E-state index contributed by atoms with van der Waals surface area (Å²) in [5, 5.41) is 0.860. The molecule has 1 aromatic carbocycles. The molecule has 0 radical (unpaired) electrons. The van der Waals surface area contributed by atoms with E-state index in [0.717, 1.165) is 22.7 Å². The highest BCUT2D eigenvalue weighted by Crippen LogP contribution is 2.28. The van der Waals surface area contributed by atoms with Crippen molar-refractivity contribution in [3.8, 4) is 11.1 Å². The van der Waals surface area contributed by atoms with Gasteiger partial charge in [0, 0.05) is 30.0 Å². The Bertz CT molecular complexity index is 583. The van der Waals surface area contributed by atoms with Crippen LogP contribution in [0.5, 0.6) is 0 Å². The van der Waals surface area contributed by atoms with Crippen molar-refractivity contribution < 1.29 is 0 Å². The molecule has 0 amide bonds. The first kappa shape index (κ1) is 13.6. The Morgan fingerprint density at radius 3 is 2.65 bits per heavy atom. The summed E-state index contributed by atoms with van der Waals surface area (Å²) in [6.45, 7) is 4.44. The number of hydrogen-bond donors (Lipinski definition) is 0. The number of hydrogen-bond acceptors (Lipinski definition) is 2. The zero-order valence-corrected chi connectivity index (χ0v) is 12.5. The molecule has 0 N–H and O–H groups in total. The topological polar surface area (TPSA) is 16.1 Å². The molecule has 0 unspecified atom stereocenters. The molecule has 20 heavy (non-hydrogen) atoms. The molecule has 1 fully saturated rings. The first-order valence-corrected chi connectivity index (χ1v) is 7.55. The van der Waals surface area contributed by atoms with Crippen LogP contribution in [0.4, 0.5) is 0 Å². The fourth-order valence-electron chi connectivity index (χ4n) is 2.85. The molecule has 2 heterocycles. The Kier molecular flexibility index (Phi) is 4.04. The maximum atomic E-state index is 6.46. The van der Waals surface area contributed by atoms with E-state index in [2.05, 4.69) is 35.0 Å². The van der Waals surface area contributed by atoms with Crippen molar-refractivity contribution in [2.24, 2.45) is 0 Å². The van der Waals surface area contributed by atoms with E-state index in [0.29, 0.717) is 6.04 Å². The minimum Gasteiger partial charge on any atom is -0.296 e. The van der Waals surface area contributed by atoms with Crippen LogP contribution in [0.1, 0.15) is 25.3 Å². The number of benzene rings is 1. The van der Waals surface area contributed by atoms with Crippen LogP contribution in [0.25, 0.3) is 11.1 Å². The highest BCUT2D eigenvalue weighted by Gasteiger charge is 2.20. The molecule has 1 saturated heterocycles. The van der Waals surface area contributed by atoms with E-state index in [1.54, 1.807) is 0 Å². The van der Waals surface area contributed by atoms with E-state index in [4.69, 9.17) is 11.6 Å². The lowest BCUT2D eigenvalue weighted by atomic mass is 10.0. The molecular formula is C17H19ClN2. The van der Waals surface area contributed by atoms with E-state index in [1.807, 2.05) is 24.5 Å². The van der Waals surface area contributed by atoms with Gasteiger partial charge >= 0.3 is 0 Å². The molecule has 104 valence electrons. The Morgan fingerprint density at radius 2 is 2.00 bits per heavy atom. The van der Waals surface area contributed by atoms with Crippen molar-refractivity contribution in [3.63, 3.8) is 0 Å². The van der Waals surface area contributed by atoms with E-state index in [-0.39, 0.29) is 0 Å². The van der Waals surface area contributed by atoms with Crippen LogP contribution in [0.15, 0.2) is 42.7 Å². The van der Waals surface area contributed by atoms with Crippen molar-refractivity contribution in [3.05, 3.63) is 53.3 Å². The summed E-state index contributed by atoms with van der Waals surface area (Å²) in [6.07, 6.45) is 6.22. The van der Waals surface area contributed by atoms with Crippen molar-refractivity contribution in [1.82, 2.24) is 9.88 Å². The van der Waals surface area contributed by atoms with Gasteiger partial charge in [-0.15, -0.1) is 0 Å². The third kappa shape index (κ3) is 2.87. The summed E-state index contributed by atoms with van der Waals surface area (Å²) in [5.41, 5.74) is 3.52. The molecule has 0 spiro atoms. The van der Waals surface area contributed by atoms with Crippen LogP contribution in [-0.2, 0) is 6.54 Å². The summed E-state index contributed by atoms with van der Waals surface area (Å²) in [7, 11) is 0. The van der Waals surface area contributed by atoms with Crippen LogP contribution in [0.2, 0.25) is 5.02 Å². The molecule has 1 aliphatic heterocycles. The second kappa shape index (κ2) is 5.94. The minimum atomic E-state index is 0.672. The zero-order valence-electron chi connectivity index (χ0n) is 11.7. The number of aromatic nitrogens is 1. The molecule has 1 atom stereocenters. The summed E-state index contributed by atoms with van der Waals surface area (Å²) in [6, 6.07) is 11.1. The van der Waals surface area contributed by atoms with Crippen molar-refractivity contribution in [1.29, 1.82) is 0 Å². The predicted octanol–water partition coefficient (Wildman–Crippen LogP) is 4.39. The normalized spacial score (nSPS) is 19.4. The molecule has 2 nitrogen and oxygen atoms in total. The van der Waals surface area contributed by atoms with Gasteiger partial charge in [-0.05, 0) is 61.2 Å². The van der Waals surface area contributed by atoms with Gasteiger partial charge < -0.3 is 0 Å². The molecule has 1 aliphatic rings. The van der Waals surface area contributed by atoms with E-state index in [1.165, 1.54) is 24.9 Å². The Labute approximate surface area is 125 Å². The number of halogens is 1. The monoisotopic (exact) mass is 286 g/mol. The van der Waals surface area contributed by atoms with Gasteiger partial charge in [0.2, 0.25) is 0 Å². The minimum absolute atomic E-state index is 0.672. The molecule has 3 rings (SSSR count). The summed E-state index contributed by atoms with van der Waals surface area (Å²) in [4.78, 5) is 6.56. The molecule has 3 heteroatoms. The van der Waals surface area contributed by atoms with Crippen LogP contribution >= 0.6 is 11.6 Å². The summed E-state index contributed by atoms with van der Waals surface area (Å²) < 4.78 is 0. The van der Waals surface area contributed by atoms with Crippen LogP contribution in [0, 0.1) is 0 Å². The van der Waals surface area contributed by atoms with Gasteiger partial charge in [-0.3, -0.25) is 9.88 Å². The fourth-order valence-corrected chi connectivity index (χ4v) is 3.09. The van der Waals surface area contributed by atoms with Crippen molar-refractivity contribution >= 4 is 11.6 Å². The van der Waals surface area contributed by atoms with Gasteiger partial charge in [0.1, 0.15) is 0 Å². The van der Waals surface area contributed by atoms with E-state index in [9.17, 15) is 0 Å². The molecular weight excluding hydrogens is 268 g/mol.